The zero-order valence-corrected chi connectivity index (χ0v) is 12.9. The van der Waals surface area contributed by atoms with Crippen LogP contribution in [0.25, 0.3) is 0 Å². The van der Waals surface area contributed by atoms with E-state index in [0.717, 1.165) is 5.56 Å². The average Bonchev–Trinajstić information content (AvgIpc) is 3.37. The Kier molecular flexibility index (Phi) is 4.33. The number of ketones is 1. The first-order valence-electron chi connectivity index (χ1n) is 7.94. The van der Waals surface area contributed by atoms with E-state index in [0.29, 0.717) is 43.3 Å². The zero-order valence-electron chi connectivity index (χ0n) is 12.9. The molecule has 1 aromatic rings. The van der Waals surface area contributed by atoms with Crippen LogP contribution in [0.15, 0.2) is 18.2 Å². The fourth-order valence-corrected chi connectivity index (χ4v) is 2.98. The predicted molar refractivity (Wildman–Crippen MR) is 81.9 cm³/mol. The average molecular weight is 299 g/mol. The van der Waals surface area contributed by atoms with Gasteiger partial charge in [-0.15, -0.1) is 0 Å². The second-order valence-electron chi connectivity index (χ2n) is 6.28. The molecule has 22 heavy (non-hydrogen) atoms. The van der Waals surface area contributed by atoms with Crippen LogP contribution in [-0.2, 0) is 4.79 Å². The first-order valence-corrected chi connectivity index (χ1v) is 7.94. The number of Topliss-reactive ketones (excluding diaryl/α,β-unsaturated/α-hetero) is 1. The molecule has 0 amide bonds. The third kappa shape index (κ3) is 3.24. The van der Waals surface area contributed by atoms with Crippen molar-refractivity contribution < 1.29 is 14.3 Å². The SMILES string of the molecule is COc1ccc(C2CC(C#N)CCC2=O)cc1OCC1CC1. The highest BCUT2D eigenvalue weighted by Crippen LogP contribution is 2.38. The number of nitriles is 1. The first kappa shape index (κ1) is 14.9. The molecule has 0 N–H and O–H groups in total. The number of nitrogens with zero attached hydrogens (tertiary/aromatic N) is 1. The molecule has 2 atom stereocenters. The molecule has 0 spiro atoms. The molecular formula is C18H21NO3. The summed E-state index contributed by atoms with van der Waals surface area (Å²) in [5, 5.41) is 9.12. The van der Waals surface area contributed by atoms with E-state index in [2.05, 4.69) is 6.07 Å². The first-order chi connectivity index (χ1) is 10.7. The number of carbonyl (C=O) groups excluding carboxylic acids is 1. The van der Waals surface area contributed by atoms with Crippen molar-refractivity contribution in [2.45, 2.75) is 38.0 Å². The highest BCUT2D eigenvalue weighted by molar-refractivity contribution is 5.86. The minimum absolute atomic E-state index is 0.0272. The maximum Gasteiger partial charge on any atom is 0.161 e. The Bertz CT molecular complexity index is 601. The Labute approximate surface area is 131 Å². The van der Waals surface area contributed by atoms with Gasteiger partial charge in [0.05, 0.1) is 19.8 Å². The van der Waals surface area contributed by atoms with Crippen LogP contribution in [0.2, 0.25) is 0 Å². The topological polar surface area (TPSA) is 59.3 Å². The van der Waals surface area contributed by atoms with Gasteiger partial charge in [-0.3, -0.25) is 4.79 Å². The molecule has 4 nitrogen and oxygen atoms in total. The van der Waals surface area contributed by atoms with E-state index in [4.69, 9.17) is 14.7 Å². The molecule has 116 valence electrons. The minimum atomic E-state index is -0.187. The van der Waals surface area contributed by atoms with Crippen molar-refractivity contribution >= 4 is 5.78 Å². The number of ether oxygens (including phenoxy) is 2. The van der Waals surface area contributed by atoms with Crippen molar-refractivity contribution in [3.63, 3.8) is 0 Å². The lowest BCUT2D eigenvalue weighted by molar-refractivity contribution is -0.122. The fraction of sp³-hybridized carbons (Fsp3) is 0.556. The molecule has 2 aliphatic carbocycles. The van der Waals surface area contributed by atoms with Crippen LogP contribution in [-0.4, -0.2) is 19.5 Å². The summed E-state index contributed by atoms with van der Waals surface area (Å²) in [6.45, 7) is 0.708. The molecule has 4 heteroatoms. The van der Waals surface area contributed by atoms with Crippen LogP contribution in [0, 0.1) is 23.2 Å². The molecular weight excluding hydrogens is 278 g/mol. The van der Waals surface area contributed by atoms with Gasteiger partial charge < -0.3 is 9.47 Å². The van der Waals surface area contributed by atoms with Crippen molar-refractivity contribution in [1.29, 1.82) is 5.26 Å². The van der Waals surface area contributed by atoms with Crippen molar-refractivity contribution in [1.82, 2.24) is 0 Å². The van der Waals surface area contributed by atoms with Gasteiger partial charge in [-0.1, -0.05) is 6.07 Å². The molecule has 2 saturated carbocycles. The van der Waals surface area contributed by atoms with Gasteiger partial charge in [0.2, 0.25) is 0 Å². The summed E-state index contributed by atoms with van der Waals surface area (Å²) in [6.07, 6.45) is 4.25. The van der Waals surface area contributed by atoms with Crippen LogP contribution >= 0.6 is 0 Å². The molecule has 2 unspecified atom stereocenters. The summed E-state index contributed by atoms with van der Waals surface area (Å²) < 4.78 is 11.2. The number of methoxy groups -OCH3 is 1. The summed E-state index contributed by atoms with van der Waals surface area (Å²) in [4.78, 5) is 12.2. The van der Waals surface area contributed by atoms with Gasteiger partial charge in [0.15, 0.2) is 11.5 Å². The quantitative estimate of drug-likeness (QED) is 0.835. The van der Waals surface area contributed by atoms with E-state index in [-0.39, 0.29) is 17.6 Å². The Hall–Kier alpha value is -2.02. The zero-order chi connectivity index (χ0) is 15.5. The normalized spacial score (nSPS) is 24.6. The van der Waals surface area contributed by atoms with Gasteiger partial charge in [0.25, 0.3) is 0 Å². The van der Waals surface area contributed by atoms with Crippen LogP contribution < -0.4 is 9.47 Å². The number of hydrogen-bond acceptors (Lipinski definition) is 4. The summed E-state index contributed by atoms with van der Waals surface area (Å²) >= 11 is 0. The lowest BCUT2D eigenvalue weighted by Crippen LogP contribution is -2.22. The van der Waals surface area contributed by atoms with Crippen molar-refractivity contribution in [3.8, 4) is 17.6 Å². The molecule has 2 fully saturated rings. The molecule has 3 rings (SSSR count). The lowest BCUT2D eigenvalue weighted by atomic mass is 9.77. The number of benzene rings is 1. The van der Waals surface area contributed by atoms with E-state index in [1.807, 2.05) is 18.2 Å². The van der Waals surface area contributed by atoms with E-state index >= 15 is 0 Å². The Balaban J connectivity index is 1.81. The van der Waals surface area contributed by atoms with Gasteiger partial charge >= 0.3 is 0 Å². The number of rotatable bonds is 5. The van der Waals surface area contributed by atoms with E-state index < -0.39 is 0 Å². The summed E-state index contributed by atoms with van der Waals surface area (Å²) in [5.41, 5.74) is 0.941. The summed E-state index contributed by atoms with van der Waals surface area (Å²) in [5.74, 6) is 2.08. The van der Waals surface area contributed by atoms with Crippen molar-refractivity contribution in [3.05, 3.63) is 23.8 Å². The van der Waals surface area contributed by atoms with Crippen LogP contribution in [0.4, 0.5) is 0 Å². The Morgan fingerprint density at radius 3 is 2.77 bits per heavy atom. The maximum absolute atomic E-state index is 12.2. The van der Waals surface area contributed by atoms with Gasteiger partial charge in [-0.05, 0) is 49.3 Å². The van der Waals surface area contributed by atoms with E-state index in [1.54, 1.807) is 7.11 Å². The molecule has 0 bridgehead atoms. The predicted octanol–water partition coefficient (Wildman–Crippen LogP) is 3.46. The van der Waals surface area contributed by atoms with Crippen LogP contribution in [0.5, 0.6) is 11.5 Å². The maximum atomic E-state index is 12.2. The van der Waals surface area contributed by atoms with Crippen molar-refractivity contribution in [2.75, 3.05) is 13.7 Å². The summed E-state index contributed by atoms with van der Waals surface area (Å²) in [7, 11) is 1.62. The highest BCUT2D eigenvalue weighted by atomic mass is 16.5. The van der Waals surface area contributed by atoms with E-state index in [9.17, 15) is 4.79 Å². The molecule has 2 aliphatic rings. The van der Waals surface area contributed by atoms with Gasteiger partial charge in [-0.2, -0.15) is 5.26 Å². The molecule has 0 saturated heterocycles. The lowest BCUT2D eigenvalue weighted by Gasteiger charge is -2.25. The monoisotopic (exact) mass is 299 g/mol. The molecule has 0 aliphatic heterocycles. The minimum Gasteiger partial charge on any atom is -0.493 e. The molecule has 0 heterocycles. The van der Waals surface area contributed by atoms with Crippen LogP contribution in [0.1, 0.15) is 43.6 Å². The third-order valence-corrected chi connectivity index (χ3v) is 4.59. The summed E-state index contributed by atoms with van der Waals surface area (Å²) in [6, 6.07) is 8.01. The molecule has 0 radical (unpaired) electrons. The number of hydrogen-bond donors (Lipinski definition) is 0. The second kappa shape index (κ2) is 6.39. The molecule has 1 aromatic carbocycles. The van der Waals surface area contributed by atoms with Gasteiger partial charge in [-0.25, -0.2) is 0 Å². The standard InChI is InChI=1S/C18H21NO3/c1-21-17-7-5-14(9-18(17)22-11-12-2-3-12)15-8-13(10-19)4-6-16(15)20/h5,7,9,12-13,15H,2-4,6,8,11H2,1H3. The smallest absolute Gasteiger partial charge is 0.161 e. The van der Waals surface area contributed by atoms with Gasteiger partial charge in [0, 0.05) is 18.3 Å². The largest absolute Gasteiger partial charge is 0.493 e. The Morgan fingerprint density at radius 2 is 2.09 bits per heavy atom. The molecule has 0 aromatic heterocycles. The number of carbonyl (C=O) groups is 1. The Morgan fingerprint density at radius 1 is 1.27 bits per heavy atom. The second-order valence-corrected chi connectivity index (χ2v) is 6.28. The van der Waals surface area contributed by atoms with E-state index in [1.165, 1.54) is 12.8 Å². The van der Waals surface area contributed by atoms with Crippen LogP contribution in [0.3, 0.4) is 0 Å². The third-order valence-electron chi connectivity index (χ3n) is 4.59. The fourth-order valence-electron chi connectivity index (χ4n) is 2.98. The van der Waals surface area contributed by atoms with Gasteiger partial charge in [0.1, 0.15) is 5.78 Å². The highest BCUT2D eigenvalue weighted by Gasteiger charge is 2.30. The van der Waals surface area contributed by atoms with Crippen molar-refractivity contribution in [2.24, 2.45) is 11.8 Å².